The van der Waals surface area contributed by atoms with Gasteiger partial charge in [-0.2, -0.15) is 8.78 Å². The molecule has 0 bridgehead atoms. The Morgan fingerprint density at radius 1 is 0.943 bits per heavy atom. The molecule has 1 saturated heterocycles. The average molecular weight is 496 g/mol. The van der Waals surface area contributed by atoms with Gasteiger partial charge >= 0.3 is 0 Å². The third-order valence-electron chi connectivity index (χ3n) is 5.90. The summed E-state index contributed by atoms with van der Waals surface area (Å²) in [4.78, 5) is 10.8. The number of fused-ring (bicyclic) bond motifs is 2. The summed E-state index contributed by atoms with van der Waals surface area (Å²) in [6, 6.07) is 18.0. The summed E-state index contributed by atoms with van der Waals surface area (Å²) in [6.07, 6.45) is 4.81. The summed E-state index contributed by atoms with van der Waals surface area (Å²) in [5.74, 6) is -1.14. The lowest BCUT2D eigenvalue weighted by Crippen LogP contribution is -2.23. The summed E-state index contributed by atoms with van der Waals surface area (Å²) in [5.41, 5.74) is 1.87. The fourth-order valence-electron chi connectivity index (χ4n) is 4.21. The highest BCUT2D eigenvalue weighted by atomic mass is 32.2. The molecule has 5 heterocycles. The van der Waals surface area contributed by atoms with Crippen LogP contribution in [0.4, 0.5) is 8.78 Å². The number of halogens is 2. The van der Waals surface area contributed by atoms with Gasteiger partial charge in [-0.3, -0.25) is 0 Å². The molecule has 7 nitrogen and oxygen atoms in total. The molecule has 0 radical (unpaired) electrons. The van der Waals surface area contributed by atoms with Crippen LogP contribution >= 0.6 is 0 Å². The van der Waals surface area contributed by atoms with Crippen LogP contribution in [0.25, 0.3) is 22.1 Å². The quantitative estimate of drug-likeness (QED) is 0.361. The Morgan fingerprint density at radius 3 is 2.43 bits per heavy atom. The van der Waals surface area contributed by atoms with Gasteiger partial charge in [-0.1, -0.05) is 18.2 Å². The standard InChI is InChI=1S/C13H9FN2O2S.C12H14FN3/c14-12-7-6-10-8-9-16(13(10)15-12)19(17,18)11-4-2-1-3-5-11;13-11-4-3-8-6-10(15-12(8)16-11)7-9-2-1-5-14-9/h1-9H;3-4,6,9,14H,1-2,5,7H2,(H,15,16). The first-order chi connectivity index (χ1) is 16.9. The van der Waals surface area contributed by atoms with Gasteiger partial charge in [0.2, 0.25) is 11.9 Å². The summed E-state index contributed by atoms with van der Waals surface area (Å²) in [5, 5.41) is 5.00. The van der Waals surface area contributed by atoms with E-state index in [4.69, 9.17) is 0 Å². The molecule has 1 aliphatic rings. The van der Waals surface area contributed by atoms with Crippen LogP contribution in [0.3, 0.4) is 0 Å². The molecule has 180 valence electrons. The second-order valence-corrected chi connectivity index (χ2v) is 10.2. The molecule has 0 saturated carbocycles. The van der Waals surface area contributed by atoms with E-state index in [1.54, 1.807) is 30.3 Å². The van der Waals surface area contributed by atoms with E-state index >= 15 is 0 Å². The summed E-state index contributed by atoms with van der Waals surface area (Å²) >= 11 is 0. The number of rotatable bonds is 4. The van der Waals surface area contributed by atoms with Crippen molar-refractivity contribution in [2.24, 2.45) is 0 Å². The molecule has 1 aromatic carbocycles. The first-order valence-electron chi connectivity index (χ1n) is 11.2. The lowest BCUT2D eigenvalue weighted by atomic mass is 10.1. The Hall–Kier alpha value is -3.63. The number of hydrogen-bond acceptors (Lipinski definition) is 5. The molecule has 35 heavy (non-hydrogen) atoms. The summed E-state index contributed by atoms with van der Waals surface area (Å²) in [6.45, 7) is 1.11. The van der Waals surface area contributed by atoms with E-state index in [1.807, 2.05) is 0 Å². The molecule has 2 N–H and O–H groups in total. The zero-order chi connectivity index (χ0) is 24.4. The van der Waals surface area contributed by atoms with Crippen molar-refractivity contribution in [1.29, 1.82) is 0 Å². The third-order valence-corrected chi connectivity index (χ3v) is 7.58. The minimum atomic E-state index is -3.75. The van der Waals surface area contributed by atoms with Crippen molar-refractivity contribution < 1.29 is 17.2 Å². The van der Waals surface area contributed by atoms with Crippen LogP contribution in [0.1, 0.15) is 18.5 Å². The van der Waals surface area contributed by atoms with Crippen LogP contribution < -0.4 is 5.32 Å². The van der Waals surface area contributed by atoms with Gasteiger partial charge in [-0.15, -0.1) is 0 Å². The Kier molecular flexibility index (Phi) is 6.31. The molecule has 0 amide bonds. The minimum absolute atomic E-state index is 0.0869. The van der Waals surface area contributed by atoms with E-state index in [9.17, 15) is 17.2 Å². The van der Waals surface area contributed by atoms with Crippen molar-refractivity contribution in [3.63, 3.8) is 0 Å². The summed E-state index contributed by atoms with van der Waals surface area (Å²) in [7, 11) is -3.75. The van der Waals surface area contributed by atoms with Crippen LogP contribution in [-0.4, -0.2) is 39.9 Å². The molecule has 1 fully saturated rings. The van der Waals surface area contributed by atoms with Gasteiger partial charge in [0.05, 0.1) is 4.90 Å². The van der Waals surface area contributed by atoms with Gasteiger partial charge in [0, 0.05) is 35.1 Å². The van der Waals surface area contributed by atoms with E-state index in [-0.39, 0.29) is 10.5 Å². The number of nitrogens with one attached hydrogen (secondary N) is 2. The number of aromatic amines is 1. The van der Waals surface area contributed by atoms with Crippen LogP contribution in [0.2, 0.25) is 0 Å². The highest BCUT2D eigenvalue weighted by Gasteiger charge is 2.19. The maximum Gasteiger partial charge on any atom is 0.269 e. The number of benzene rings is 1. The van der Waals surface area contributed by atoms with E-state index in [2.05, 4.69) is 26.3 Å². The van der Waals surface area contributed by atoms with Crippen LogP contribution in [0.15, 0.2) is 77.8 Å². The van der Waals surface area contributed by atoms with Gasteiger partial charge < -0.3 is 10.3 Å². The maximum atomic E-state index is 13.2. The fourth-order valence-corrected chi connectivity index (χ4v) is 5.53. The summed E-state index contributed by atoms with van der Waals surface area (Å²) < 4.78 is 51.9. The molecular formula is C25H23F2N5O2S. The fraction of sp³-hybridized carbons (Fsp3) is 0.200. The van der Waals surface area contributed by atoms with Gasteiger partial charge in [0.15, 0.2) is 5.65 Å². The Bertz CT molecular complexity index is 1580. The predicted octanol–water partition coefficient (Wildman–Crippen LogP) is 4.41. The topological polar surface area (TPSA) is 92.7 Å². The largest absolute Gasteiger partial charge is 0.343 e. The van der Waals surface area contributed by atoms with E-state index in [1.165, 1.54) is 49.4 Å². The number of aromatic nitrogens is 4. The zero-order valence-corrected chi connectivity index (χ0v) is 19.5. The van der Waals surface area contributed by atoms with Crippen LogP contribution in [-0.2, 0) is 16.4 Å². The minimum Gasteiger partial charge on any atom is -0.343 e. The van der Waals surface area contributed by atoms with Gasteiger partial charge in [-0.25, -0.2) is 22.4 Å². The SMILES string of the molecule is Fc1ccc2cc(CC3CCCN3)[nH]c2n1.O=S(=O)(c1ccccc1)n1ccc2ccc(F)nc21. The van der Waals surface area contributed by atoms with Gasteiger partial charge in [-0.05, 0) is 67.9 Å². The number of hydrogen-bond donors (Lipinski definition) is 2. The molecule has 0 spiro atoms. The predicted molar refractivity (Wildman–Crippen MR) is 129 cm³/mol. The Balaban J connectivity index is 0.000000147. The first-order valence-corrected chi connectivity index (χ1v) is 12.7. The number of nitrogens with zero attached hydrogens (tertiary/aromatic N) is 3. The highest BCUT2D eigenvalue weighted by molar-refractivity contribution is 7.90. The Labute approximate surface area is 200 Å². The van der Waals surface area contributed by atoms with Gasteiger partial charge in [0.1, 0.15) is 5.65 Å². The third kappa shape index (κ3) is 4.94. The monoisotopic (exact) mass is 495 g/mol. The van der Waals surface area contributed by atoms with Crippen LogP contribution in [0.5, 0.6) is 0 Å². The lowest BCUT2D eigenvalue weighted by Gasteiger charge is -2.07. The second-order valence-electron chi connectivity index (χ2n) is 8.34. The molecule has 5 aromatic rings. The van der Waals surface area contributed by atoms with E-state index in [0.29, 0.717) is 17.1 Å². The van der Waals surface area contributed by atoms with Crippen molar-refractivity contribution in [3.8, 4) is 0 Å². The maximum absolute atomic E-state index is 13.2. The molecule has 0 aliphatic carbocycles. The first kappa shape index (κ1) is 23.1. The molecule has 4 aromatic heterocycles. The normalized spacial score (nSPS) is 15.9. The van der Waals surface area contributed by atoms with E-state index in [0.717, 1.165) is 28.0 Å². The van der Waals surface area contributed by atoms with Gasteiger partial charge in [0.25, 0.3) is 10.0 Å². The molecular weight excluding hydrogens is 472 g/mol. The van der Waals surface area contributed by atoms with Crippen molar-refractivity contribution in [1.82, 2.24) is 24.2 Å². The van der Waals surface area contributed by atoms with Crippen molar-refractivity contribution in [2.45, 2.75) is 30.2 Å². The van der Waals surface area contributed by atoms with Crippen LogP contribution in [0, 0.1) is 11.9 Å². The number of pyridine rings is 2. The zero-order valence-electron chi connectivity index (χ0n) is 18.7. The second kappa shape index (κ2) is 9.55. The smallest absolute Gasteiger partial charge is 0.269 e. The molecule has 6 rings (SSSR count). The van der Waals surface area contributed by atoms with E-state index < -0.39 is 21.9 Å². The molecule has 10 heteroatoms. The highest BCUT2D eigenvalue weighted by Crippen LogP contribution is 2.21. The molecule has 1 unspecified atom stereocenters. The van der Waals surface area contributed by atoms with Crippen molar-refractivity contribution in [2.75, 3.05) is 6.54 Å². The lowest BCUT2D eigenvalue weighted by molar-refractivity contribution is 0.581. The number of H-pyrrole nitrogens is 1. The average Bonchev–Trinajstić information content (AvgIpc) is 3.59. The van der Waals surface area contributed by atoms with Crippen molar-refractivity contribution >= 4 is 32.1 Å². The Morgan fingerprint density at radius 2 is 1.69 bits per heavy atom. The van der Waals surface area contributed by atoms with Crippen molar-refractivity contribution in [3.05, 3.63) is 90.5 Å². The molecule has 1 aliphatic heterocycles. The molecule has 1 atom stereocenters.